The molecule has 0 aliphatic heterocycles. The second kappa shape index (κ2) is 15.2. The quantitative estimate of drug-likeness (QED) is 0.200. The van der Waals surface area contributed by atoms with Gasteiger partial charge in [0.1, 0.15) is 18.4 Å². The SMILES string of the molecule is CCCCCCC(=O)NCC[N+](CCO)(CC(CC)C(=O)O)CC(CC)C(=O)O. The molecule has 29 heavy (non-hydrogen) atoms. The van der Waals surface area contributed by atoms with Gasteiger partial charge in [-0.1, -0.05) is 40.0 Å². The van der Waals surface area contributed by atoms with E-state index in [-0.39, 0.29) is 36.6 Å². The zero-order chi connectivity index (χ0) is 22.3. The first-order valence-electron chi connectivity index (χ1n) is 10.9. The van der Waals surface area contributed by atoms with E-state index in [0.29, 0.717) is 32.4 Å². The molecule has 0 aromatic heterocycles. The number of hydrogen-bond acceptors (Lipinski definition) is 4. The molecule has 1 amide bonds. The number of nitrogens with one attached hydrogen (secondary N) is 1. The number of carbonyl (C=O) groups is 3. The maximum Gasteiger partial charge on any atom is 0.312 e. The fourth-order valence-electron chi connectivity index (χ4n) is 3.70. The molecule has 0 saturated carbocycles. The van der Waals surface area contributed by atoms with Crippen molar-refractivity contribution in [2.45, 2.75) is 65.7 Å². The van der Waals surface area contributed by atoms with Gasteiger partial charge in [0, 0.05) is 6.42 Å². The smallest absolute Gasteiger partial charge is 0.312 e. The summed E-state index contributed by atoms with van der Waals surface area (Å²) in [5.41, 5.74) is 0. The number of aliphatic hydroxyl groups excluding tert-OH is 1. The van der Waals surface area contributed by atoms with Gasteiger partial charge in [-0.15, -0.1) is 0 Å². The zero-order valence-corrected chi connectivity index (χ0v) is 18.4. The maximum atomic E-state index is 12.1. The van der Waals surface area contributed by atoms with Crippen LogP contribution in [0.5, 0.6) is 0 Å². The zero-order valence-electron chi connectivity index (χ0n) is 18.4. The molecule has 0 spiro atoms. The highest BCUT2D eigenvalue weighted by Crippen LogP contribution is 2.19. The van der Waals surface area contributed by atoms with E-state index in [0.717, 1.165) is 25.7 Å². The summed E-state index contributed by atoms with van der Waals surface area (Å²) in [7, 11) is 0. The topological polar surface area (TPSA) is 124 Å². The van der Waals surface area contributed by atoms with Gasteiger partial charge in [0.25, 0.3) is 0 Å². The molecule has 8 heteroatoms. The second-order valence-electron chi connectivity index (χ2n) is 7.93. The van der Waals surface area contributed by atoms with E-state index < -0.39 is 23.8 Å². The number of aliphatic carboxylic acids is 2. The van der Waals surface area contributed by atoms with Gasteiger partial charge in [0.05, 0.1) is 32.8 Å². The number of aliphatic hydroxyl groups is 1. The van der Waals surface area contributed by atoms with Crippen molar-refractivity contribution < 1.29 is 34.2 Å². The van der Waals surface area contributed by atoms with Gasteiger partial charge in [-0.2, -0.15) is 0 Å². The number of amides is 1. The number of carboxylic acid groups (broad SMARTS) is 2. The van der Waals surface area contributed by atoms with Gasteiger partial charge in [0.15, 0.2) is 0 Å². The summed E-state index contributed by atoms with van der Waals surface area (Å²) in [4.78, 5) is 35.3. The van der Waals surface area contributed by atoms with Crippen molar-refractivity contribution in [3.05, 3.63) is 0 Å². The molecule has 4 N–H and O–H groups in total. The summed E-state index contributed by atoms with van der Waals surface area (Å²) in [6.45, 7) is 6.99. The molecule has 0 heterocycles. The summed E-state index contributed by atoms with van der Waals surface area (Å²) in [5.74, 6) is -3.14. The van der Waals surface area contributed by atoms with Crippen molar-refractivity contribution in [2.75, 3.05) is 39.3 Å². The Morgan fingerprint density at radius 2 is 1.41 bits per heavy atom. The van der Waals surface area contributed by atoms with Gasteiger partial charge in [-0.25, -0.2) is 0 Å². The first kappa shape index (κ1) is 27.3. The Morgan fingerprint density at radius 1 is 0.862 bits per heavy atom. The van der Waals surface area contributed by atoms with E-state index in [2.05, 4.69) is 12.2 Å². The van der Waals surface area contributed by atoms with Crippen LogP contribution in [0.25, 0.3) is 0 Å². The third kappa shape index (κ3) is 11.2. The molecule has 0 aromatic carbocycles. The van der Waals surface area contributed by atoms with Gasteiger partial charge in [0.2, 0.25) is 5.91 Å². The van der Waals surface area contributed by atoms with Crippen LogP contribution in [-0.4, -0.2) is 77.0 Å². The first-order chi connectivity index (χ1) is 13.7. The van der Waals surface area contributed by atoms with E-state index in [1.165, 1.54) is 0 Å². The number of carbonyl (C=O) groups excluding carboxylic acids is 1. The molecule has 0 aliphatic carbocycles. The number of carboxylic acids is 2. The van der Waals surface area contributed by atoms with Crippen LogP contribution < -0.4 is 5.32 Å². The highest BCUT2D eigenvalue weighted by molar-refractivity contribution is 5.75. The summed E-state index contributed by atoms with van der Waals surface area (Å²) in [5, 5.41) is 31.5. The first-order valence-corrected chi connectivity index (χ1v) is 10.9. The van der Waals surface area contributed by atoms with Crippen molar-refractivity contribution in [2.24, 2.45) is 11.8 Å². The minimum Gasteiger partial charge on any atom is -0.481 e. The highest BCUT2D eigenvalue weighted by atomic mass is 16.4. The summed E-state index contributed by atoms with van der Waals surface area (Å²) in [6.07, 6.45) is 5.37. The maximum absolute atomic E-state index is 12.1. The van der Waals surface area contributed by atoms with Crippen molar-refractivity contribution in [3.63, 3.8) is 0 Å². The average molecular weight is 418 g/mol. The van der Waals surface area contributed by atoms with E-state index >= 15 is 0 Å². The fraction of sp³-hybridized carbons (Fsp3) is 0.857. The summed E-state index contributed by atoms with van der Waals surface area (Å²) >= 11 is 0. The van der Waals surface area contributed by atoms with Crippen LogP contribution in [0.3, 0.4) is 0 Å². The van der Waals surface area contributed by atoms with Crippen molar-refractivity contribution in [3.8, 4) is 0 Å². The molecule has 0 bridgehead atoms. The fourth-order valence-corrected chi connectivity index (χ4v) is 3.70. The lowest BCUT2D eigenvalue weighted by molar-refractivity contribution is -0.931. The number of hydrogen-bond donors (Lipinski definition) is 4. The van der Waals surface area contributed by atoms with Gasteiger partial charge in [-0.05, 0) is 19.3 Å². The van der Waals surface area contributed by atoms with Crippen LogP contribution in [0.4, 0.5) is 0 Å². The molecule has 8 nitrogen and oxygen atoms in total. The number of unbranched alkanes of at least 4 members (excludes halogenated alkanes) is 3. The molecule has 0 aromatic rings. The third-order valence-electron chi connectivity index (χ3n) is 5.64. The molecule has 2 atom stereocenters. The van der Waals surface area contributed by atoms with Crippen LogP contribution in [0, 0.1) is 11.8 Å². The third-order valence-corrected chi connectivity index (χ3v) is 5.64. The standard InChI is InChI=1S/C21H40N2O6/c1-4-7-8-9-10-19(25)22-11-12-23(13-14-24,15-17(5-2)20(26)27)16-18(6-3)21(28)29/h17-18,24H,4-16H2,1-3H3,(H2-,22,25,26,27,28,29)/p+1. The Kier molecular flexibility index (Phi) is 14.3. The lowest BCUT2D eigenvalue weighted by Gasteiger charge is -2.41. The van der Waals surface area contributed by atoms with Crippen LogP contribution in [0.2, 0.25) is 0 Å². The predicted octanol–water partition coefficient (Wildman–Crippen LogP) is 2.10. The van der Waals surface area contributed by atoms with Gasteiger partial charge < -0.3 is 25.1 Å². The van der Waals surface area contributed by atoms with E-state index in [9.17, 15) is 29.7 Å². The van der Waals surface area contributed by atoms with E-state index in [4.69, 9.17) is 0 Å². The lowest BCUT2D eigenvalue weighted by atomic mass is 9.99. The molecule has 0 radical (unpaired) electrons. The largest absolute Gasteiger partial charge is 0.481 e. The molecule has 0 aliphatic rings. The molecular formula is C21H41N2O6+. The van der Waals surface area contributed by atoms with Crippen molar-refractivity contribution in [1.82, 2.24) is 5.32 Å². The van der Waals surface area contributed by atoms with E-state index in [1.54, 1.807) is 13.8 Å². The Morgan fingerprint density at radius 3 is 1.83 bits per heavy atom. The highest BCUT2D eigenvalue weighted by Gasteiger charge is 2.37. The minimum atomic E-state index is -0.920. The number of nitrogens with zero attached hydrogens (tertiary/aromatic N) is 1. The molecule has 0 saturated heterocycles. The molecule has 170 valence electrons. The van der Waals surface area contributed by atoms with Crippen LogP contribution in [0.1, 0.15) is 65.7 Å². The number of quaternary nitrogens is 1. The minimum absolute atomic E-state index is 0.0428. The Hall–Kier alpha value is -1.67. The van der Waals surface area contributed by atoms with Gasteiger partial charge >= 0.3 is 11.9 Å². The Bertz CT molecular complexity index is 474. The molecule has 0 fully saturated rings. The summed E-state index contributed by atoms with van der Waals surface area (Å²) in [6, 6.07) is 0. The second-order valence-corrected chi connectivity index (χ2v) is 7.93. The van der Waals surface area contributed by atoms with Crippen molar-refractivity contribution >= 4 is 17.8 Å². The van der Waals surface area contributed by atoms with Crippen molar-refractivity contribution in [1.29, 1.82) is 0 Å². The predicted molar refractivity (Wildman–Crippen MR) is 111 cm³/mol. The Balaban J connectivity index is 5.18. The Labute approximate surface area is 174 Å². The summed E-state index contributed by atoms with van der Waals surface area (Å²) < 4.78 is 0.169. The average Bonchev–Trinajstić information content (AvgIpc) is 2.67. The lowest BCUT2D eigenvalue weighted by Crippen LogP contribution is -2.59. The van der Waals surface area contributed by atoms with Crippen LogP contribution in [-0.2, 0) is 14.4 Å². The molecule has 0 rings (SSSR count). The molecular weight excluding hydrogens is 376 g/mol. The van der Waals surface area contributed by atoms with Gasteiger partial charge in [-0.3, -0.25) is 14.4 Å². The van der Waals surface area contributed by atoms with E-state index in [1.807, 2.05) is 0 Å². The molecule has 2 unspecified atom stereocenters. The van der Waals surface area contributed by atoms with Crippen LogP contribution >= 0.6 is 0 Å². The normalized spacial score (nSPS) is 15.3. The number of rotatable bonds is 18. The monoisotopic (exact) mass is 417 g/mol. The van der Waals surface area contributed by atoms with Crippen LogP contribution in [0.15, 0.2) is 0 Å².